The van der Waals surface area contributed by atoms with Crippen LogP contribution in [0.15, 0.2) is 30.6 Å². The highest BCUT2D eigenvalue weighted by molar-refractivity contribution is 5.93. The highest BCUT2D eigenvalue weighted by Crippen LogP contribution is 2.29. The van der Waals surface area contributed by atoms with Gasteiger partial charge in [-0.05, 0) is 32.0 Å². The van der Waals surface area contributed by atoms with Gasteiger partial charge in [-0.2, -0.15) is 13.2 Å². The number of hydrogen-bond donors (Lipinski definition) is 0. The molecule has 2 aromatic heterocycles. The minimum absolute atomic E-state index is 0.131. The summed E-state index contributed by atoms with van der Waals surface area (Å²) in [6, 6.07) is 3.59. The standard InChI is InChI=1S/C14H11F3N2O2/c1-8-5-10(9(2)20)6-19-13(8)21-11-3-4-12(18-7-11)14(15,16)17/h3-7H,1-2H3. The van der Waals surface area contributed by atoms with Crippen molar-refractivity contribution in [2.75, 3.05) is 0 Å². The van der Waals surface area contributed by atoms with E-state index in [9.17, 15) is 18.0 Å². The minimum Gasteiger partial charge on any atom is -0.437 e. The number of nitrogens with zero attached hydrogens (tertiary/aromatic N) is 2. The van der Waals surface area contributed by atoms with Crippen molar-refractivity contribution in [2.45, 2.75) is 20.0 Å². The Labute approximate surface area is 118 Å². The fraction of sp³-hybridized carbons (Fsp3) is 0.214. The molecular weight excluding hydrogens is 285 g/mol. The lowest BCUT2D eigenvalue weighted by Crippen LogP contribution is -2.07. The van der Waals surface area contributed by atoms with Gasteiger partial charge in [0, 0.05) is 17.3 Å². The van der Waals surface area contributed by atoms with Crippen LogP contribution in [0.25, 0.3) is 0 Å². The van der Waals surface area contributed by atoms with Crippen LogP contribution in [0.5, 0.6) is 11.6 Å². The monoisotopic (exact) mass is 296 g/mol. The van der Waals surface area contributed by atoms with Gasteiger partial charge in [0.05, 0.1) is 6.20 Å². The van der Waals surface area contributed by atoms with Crippen LogP contribution in [0.3, 0.4) is 0 Å². The van der Waals surface area contributed by atoms with Crippen molar-refractivity contribution in [2.24, 2.45) is 0 Å². The summed E-state index contributed by atoms with van der Waals surface area (Å²) in [5, 5.41) is 0. The number of Topliss-reactive ketones (excluding diaryl/α,β-unsaturated/α-hetero) is 1. The molecule has 7 heteroatoms. The molecule has 0 aliphatic rings. The summed E-state index contributed by atoms with van der Waals surface area (Å²) >= 11 is 0. The maximum absolute atomic E-state index is 12.4. The molecule has 0 aromatic carbocycles. The number of aryl methyl sites for hydroxylation is 1. The molecule has 0 aliphatic carbocycles. The van der Waals surface area contributed by atoms with Gasteiger partial charge in [-0.1, -0.05) is 0 Å². The third-order valence-corrected chi connectivity index (χ3v) is 2.68. The molecule has 0 saturated carbocycles. The maximum Gasteiger partial charge on any atom is 0.433 e. The molecular formula is C14H11F3N2O2. The van der Waals surface area contributed by atoms with Crippen molar-refractivity contribution in [3.8, 4) is 11.6 Å². The fourth-order valence-electron chi connectivity index (χ4n) is 1.58. The zero-order valence-electron chi connectivity index (χ0n) is 11.2. The molecule has 2 heterocycles. The Bertz CT molecular complexity index is 667. The average molecular weight is 296 g/mol. The van der Waals surface area contributed by atoms with Gasteiger partial charge in [0.25, 0.3) is 0 Å². The van der Waals surface area contributed by atoms with Gasteiger partial charge in [-0.3, -0.25) is 4.79 Å². The van der Waals surface area contributed by atoms with E-state index in [1.165, 1.54) is 13.1 Å². The first-order chi connectivity index (χ1) is 9.77. The fourth-order valence-corrected chi connectivity index (χ4v) is 1.58. The molecule has 2 aromatic rings. The summed E-state index contributed by atoms with van der Waals surface area (Å²) in [5.74, 6) is 0.212. The highest BCUT2D eigenvalue weighted by atomic mass is 19.4. The van der Waals surface area contributed by atoms with Gasteiger partial charge < -0.3 is 4.74 Å². The lowest BCUT2D eigenvalue weighted by atomic mass is 10.1. The summed E-state index contributed by atoms with van der Waals surface area (Å²) in [4.78, 5) is 18.5. The van der Waals surface area contributed by atoms with Crippen molar-refractivity contribution in [3.05, 3.63) is 47.4 Å². The molecule has 2 rings (SSSR count). The third-order valence-electron chi connectivity index (χ3n) is 2.68. The molecule has 0 unspecified atom stereocenters. The Morgan fingerprint density at radius 1 is 1.19 bits per heavy atom. The van der Waals surface area contributed by atoms with E-state index in [1.54, 1.807) is 13.0 Å². The first-order valence-electron chi connectivity index (χ1n) is 5.96. The Balaban J connectivity index is 2.20. The van der Waals surface area contributed by atoms with Gasteiger partial charge >= 0.3 is 6.18 Å². The summed E-state index contributed by atoms with van der Waals surface area (Å²) in [6.07, 6.45) is -2.17. The number of ketones is 1. The zero-order valence-corrected chi connectivity index (χ0v) is 11.2. The quantitative estimate of drug-likeness (QED) is 0.808. The van der Waals surface area contributed by atoms with E-state index in [0.717, 1.165) is 18.3 Å². The second kappa shape index (κ2) is 5.51. The van der Waals surface area contributed by atoms with Gasteiger partial charge in [0.2, 0.25) is 5.88 Å². The van der Waals surface area contributed by atoms with Gasteiger partial charge in [-0.25, -0.2) is 9.97 Å². The molecule has 0 N–H and O–H groups in total. The van der Waals surface area contributed by atoms with Crippen molar-refractivity contribution < 1.29 is 22.7 Å². The Hall–Kier alpha value is -2.44. The number of hydrogen-bond acceptors (Lipinski definition) is 4. The molecule has 4 nitrogen and oxygen atoms in total. The van der Waals surface area contributed by atoms with E-state index in [4.69, 9.17) is 4.74 Å². The third kappa shape index (κ3) is 3.56. The smallest absolute Gasteiger partial charge is 0.433 e. The predicted octanol–water partition coefficient (Wildman–Crippen LogP) is 3.80. The largest absolute Gasteiger partial charge is 0.437 e. The average Bonchev–Trinajstić information content (AvgIpc) is 2.40. The second-order valence-corrected chi connectivity index (χ2v) is 4.38. The lowest BCUT2D eigenvalue weighted by molar-refractivity contribution is -0.141. The molecule has 0 saturated heterocycles. The topological polar surface area (TPSA) is 52.1 Å². The van der Waals surface area contributed by atoms with Crippen molar-refractivity contribution >= 4 is 5.78 Å². The number of rotatable bonds is 3. The van der Waals surface area contributed by atoms with E-state index in [1.807, 2.05) is 0 Å². The van der Waals surface area contributed by atoms with E-state index >= 15 is 0 Å². The SMILES string of the molecule is CC(=O)c1cnc(Oc2ccc(C(F)(F)F)nc2)c(C)c1. The minimum atomic E-state index is -4.49. The highest BCUT2D eigenvalue weighted by Gasteiger charge is 2.32. The summed E-state index contributed by atoms with van der Waals surface area (Å²) in [6.45, 7) is 3.10. The van der Waals surface area contributed by atoms with Crippen LogP contribution >= 0.6 is 0 Å². The normalized spacial score (nSPS) is 11.3. The maximum atomic E-state index is 12.4. The van der Waals surface area contributed by atoms with Crippen LogP contribution in [0.4, 0.5) is 13.2 Å². The van der Waals surface area contributed by atoms with Crippen LogP contribution in [0.2, 0.25) is 0 Å². The lowest BCUT2D eigenvalue weighted by Gasteiger charge is -2.09. The Morgan fingerprint density at radius 3 is 2.38 bits per heavy atom. The zero-order chi connectivity index (χ0) is 15.6. The van der Waals surface area contributed by atoms with E-state index in [0.29, 0.717) is 11.1 Å². The van der Waals surface area contributed by atoms with E-state index < -0.39 is 11.9 Å². The number of pyridine rings is 2. The van der Waals surface area contributed by atoms with Crippen molar-refractivity contribution in [1.29, 1.82) is 0 Å². The van der Waals surface area contributed by atoms with Gasteiger partial charge in [-0.15, -0.1) is 0 Å². The molecule has 0 aliphatic heterocycles. The van der Waals surface area contributed by atoms with Crippen LogP contribution in [0.1, 0.15) is 28.5 Å². The van der Waals surface area contributed by atoms with Crippen LogP contribution in [-0.4, -0.2) is 15.8 Å². The molecule has 0 fully saturated rings. The molecule has 0 spiro atoms. The van der Waals surface area contributed by atoms with Crippen molar-refractivity contribution in [3.63, 3.8) is 0 Å². The Morgan fingerprint density at radius 2 is 1.90 bits per heavy atom. The summed E-state index contributed by atoms with van der Waals surface area (Å²) < 4.78 is 42.5. The number of aromatic nitrogens is 2. The summed E-state index contributed by atoms with van der Waals surface area (Å²) in [5.41, 5.74) is 0.0412. The number of ether oxygens (including phenoxy) is 1. The Kier molecular flexibility index (Phi) is 3.93. The number of halogens is 3. The molecule has 0 atom stereocenters. The first-order valence-corrected chi connectivity index (χ1v) is 5.96. The van der Waals surface area contributed by atoms with E-state index in [-0.39, 0.29) is 17.4 Å². The molecule has 0 amide bonds. The molecule has 0 bridgehead atoms. The predicted molar refractivity (Wildman–Crippen MR) is 68.3 cm³/mol. The summed E-state index contributed by atoms with van der Waals surface area (Å²) in [7, 11) is 0. The molecule has 0 radical (unpaired) electrons. The number of carbonyl (C=O) groups is 1. The van der Waals surface area contributed by atoms with Crippen LogP contribution < -0.4 is 4.74 Å². The van der Waals surface area contributed by atoms with E-state index in [2.05, 4.69) is 9.97 Å². The molecule has 21 heavy (non-hydrogen) atoms. The first kappa shape index (κ1) is 15.0. The van der Waals surface area contributed by atoms with Crippen molar-refractivity contribution in [1.82, 2.24) is 9.97 Å². The number of carbonyl (C=O) groups excluding carboxylic acids is 1. The number of alkyl halides is 3. The van der Waals surface area contributed by atoms with Crippen LogP contribution in [-0.2, 0) is 6.18 Å². The van der Waals surface area contributed by atoms with Gasteiger partial charge in [0.1, 0.15) is 11.4 Å². The molecule has 110 valence electrons. The van der Waals surface area contributed by atoms with Gasteiger partial charge in [0.15, 0.2) is 5.78 Å². The second-order valence-electron chi connectivity index (χ2n) is 4.38. The van der Waals surface area contributed by atoms with Crippen LogP contribution in [0, 0.1) is 6.92 Å².